The number of hydrogen-bond acceptors (Lipinski definition) is 2. The van der Waals surface area contributed by atoms with Gasteiger partial charge in [-0.3, -0.25) is 4.79 Å². The highest BCUT2D eigenvalue weighted by Gasteiger charge is 2.25. The Labute approximate surface area is 107 Å². The largest absolute Gasteiger partial charge is 0.289 e. The normalized spacial score (nSPS) is 19.5. The van der Waals surface area contributed by atoms with Gasteiger partial charge in [0.25, 0.3) is 0 Å². The molecule has 0 fully saturated rings. The zero-order chi connectivity index (χ0) is 12.3. The van der Waals surface area contributed by atoms with Gasteiger partial charge in [-0.1, -0.05) is 32.1 Å². The van der Waals surface area contributed by atoms with Gasteiger partial charge in [0, 0.05) is 16.6 Å². The zero-order valence-corrected chi connectivity index (χ0v) is 11.1. The summed E-state index contributed by atoms with van der Waals surface area (Å²) in [4.78, 5) is 13.0. The summed E-state index contributed by atoms with van der Waals surface area (Å²) in [5.74, 6) is 1.23. The summed E-state index contributed by atoms with van der Waals surface area (Å²) in [6.07, 6.45) is 10.3. The molecule has 2 aliphatic carbocycles. The SMILES string of the molecule is C=C1C(SCCCC)=CC(=O)C2=CCCC=C12. The highest BCUT2D eigenvalue weighted by molar-refractivity contribution is 8.03. The van der Waals surface area contributed by atoms with Crippen molar-refractivity contribution < 1.29 is 4.79 Å². The third-order valence-electron chi connectivity index (χ3n) is 3.06. The van der Waals surface area contributed by atoms with Gasteiger partial charge >= 0.3 is 0 Å². The van der Waals surface area contributed by atoms with E-state index < -0.39 is 0 Å². The molecule has 2 heteroatoms. The van der Waals surface area contributed by atoms with Crippen LogP contribution in [0.15, 0.2) is 46.4 Å². The first-order valence-corrected chi connectivity index (χ1v) is 7.21. The fraction of sp³-hybridized carbons (Fsp3) is 0.400. The van der Waals surface area contributed by atoms with Crippen LogP contribution in [0.1, 0.15) is 32.6 Å². The zero-order valence-electron chi connectivity index (χ0n) is 10.3. The van der Waals surface area contributed by atoms with Crippen LogP contribution < -0.4 is 0 Å². The van der Waals surface area contributed by atoms with Crippen molar-refractivity contribution in [3.63, 3.8) is 0 Å². The average Bonchev–Trinajstić information content (AvgIpc) is 2.36. The number of hydrogen-bond donors (Lipinski definition) is 0. The van der Waals surface area contributed by atoms with E-state index in [9.17, 15) is 4.79 Å². The first kappa shape index (κ1) is 12.4. The van der Waals surface area contributed by atoms with Gasteiger partial charge in [0.05, 0.1) is 0 Å². The predicted octanol–water partition coefficient (Wildman–Crippen LogP) is 4.19. The first-order valence-electron chi connectivity index (χ1n) is 6.23. The molecule has 0 saturated carbocycles. The van der Waals surface area contributed by atoms with E-state index in [-0.39, 0.29) is 5.78 Å². The van der Waals surface area contributed by atoms with E-state index in [4.69, 9.17) is 0 Å². The lowest BCUT2D eigenvalue weighted by molar-refractivity contribution is -0.111. The number of ketones is 1. The fourth-order valence-electron chi connectivity index (χ4n) is 2.07. The molecule has 0 aliphatic heterocycles. The summed E-state index contributed by atoms with van der Waals surface area (Å²) in [5.41, 5.74) is 2.97. The van der Waals surface area contributed by atoms with Gasteiger partial charge in [-0.25, -0.2) is 0 Å². The third kappa shape index (κ3) is 2.63. The van der Waals surface area contributed by atoms with E-state index in [1.807, 2.05) is 6.08 Å². The predicted molar refractivity (Wildman–Crippen MR) is 75.0 cm³/mol. The molecule has 0 amide bonds. The van der Waals surface area contributed by atoms with Crippen molar-refractivity contribution in [1.29, 1.82) is 0 Å². The Hall–Kier alpha value is -1.02. The van der Waals surface area contributed by atoms with Crippen LogP contribution in [0.2, 0.25) is 0 Å². The second-order valence-corrected chi connectivity index (χ2v) is 5.50. The Kier molecular flexibility index (Phi) is 4.06. The number of thioether (sulfide) groups is 1. The van der Waals surface area contributed by atoms with Crippen LogP contribution in [0.4, 0.5) is 0 Å². The second-order valence-electron chi connectivity index (χ2n) is 4.37. The van der Waals surface area contributed by atoms with Gasteiger partial charge in [0.1, 0.15) is 0 Å². The summed E-state index contributed by atoms with van der Waals surface area (Å²) in [5, 5.41) is 0. The topological polar surface area (TPSA) is 17.1 Å². The van der Waals surface area contributed by atoms with Crippen LogP contribution in [-0.2, 0) is 4.79 Å². The van der Waals surface area contributed by atoms with Crippen molar-refractivity contribution in [3.05, 3.63) is 46.4 Å². The van der Waals surface area contributed by atoms with Gasteiger partial charge in [-0.15, -0.1) is 11.8 Å². The fourth-order valence-corrected chi connectivity index (χ4v) is 3.19. The standard InChI is InChI=1S/C15H18OS/c1-3-4-9-17-15-10-14(16)13-8-6-5-7-12(13)11(15)2/h7-8,10H,2-6,9H2,1H3. The van der Waals surface area contributed by atoms with Crippen LogP contribution in [0.5, 0.6) is 0 Å². The van der Waals surface area contributed by atoms with Crippen LogP contribution in [0, 0.1) is 0 Å². The van der Waals surface area contributed by atoms with Crippen molar-refractivity contribution in [2.45, 2.75) is 32.6 Å². The van der Waals surface area contributed by atoms with E-state index in [1.165, 1.54) is 12.8 Å². The van der Waals surface area contributed by atoms with Crippen LogP contribution in [-0.4, -0.2) is 11.5 Å². The van der Waals surface area contributed by atoms with Gasteiger partial charge < -0.3 is 0 Å². The molecular formula is C15H18OS. The minimum atomic E-state index is 0.155. The highest BCUT2D eigenvalue weighted by Crippen LogP contribution is 2.38. The van der Waals surface area contributed by atoms with Crippen LogP contribution in [0.25, 0.3) is 0 Å². The molecule has 0 aromatic carbocycles. The molecule has 0 aromatic heterocycles. The number of fused-ring (bicyclic) bond motifs is 1. The molecule has 0 atom stereocenters. The van der Waals surface area contributed by atoms with Gasteiger partial charge in [-0.2, -0.15) is 0 Å². The summed E-state index contributed by atoms with van der Waals surface area (Å²) in [6.45, 7) is 6.32. The van der Waals surface area contributed by atoms with Crippen molar-refractivity contribution in [2.75, 3.05) is 5.75 Å². The maximum absolute atomic E-state index is 12.0. The Morgan fingerprint density at radius 1 is 1.29 bits per heavy atom. The monoisotopic (exact) mass is 246 g/mol. The van der Waals surface area contributed by atoms with E-state index in [0.717, 1.165) is 40.2 Å². The maximum atomic E-state index is 12.0. The number of unbranched alkanes of at least 4 members (excludes halogenated alkanes) is 1. The first-order chi connectivity index (χ1) is 8.24. The molecule has 90 valence electrons. The smallest absolute Gasteiger partial charge is 0.187 e. The van der Waals surface area contributed by atoms with Gasteiger partial charge in [0.15, 0.2) is 5.78 Å². The quantitative estimate of drug-likeness (QED) is 0.692. The van der Waals surface area contributed by atoms with Gasteiger partial charge in [0.2, 0.25) is 0 Å². The highest BCUT2D eigenvalue weighted by atomic mass is 32.2. The van der Waals surface area contributed by atoms with Gasteiger partial charge in [-0.05, 0) is 36.2 Å². The maximum Gasteiger partial charge on any atom is 0.187 e. The molecule has 0 spiro atoms. The summed E-state index contributed by atoms with van der Waals surface area (Å²) in [6, 6.07) is 0. The number of carbonyl (C=O) groups is 1. The molecule has 0 heterocycles. The molecular weight excluding hydrogens is 228 g/mol. The molecule has 2 aliphatic rings. The Balaban J connectivity index is 2.18. The van der Waals surface area contributed by atoms with E-state index in [0.29, 0.717) is 0 Å². The molecule has 0 aromatic rings. The molecule has 0 bridgehead atoms. The molecule has 0 radical (unpaired) electrons. The summed E-state index contributed by atoms with van der Waals surface area (Å²) in [7, 11) is 0. The average molecular weight is 246 g/mol. The molecule has 17 heavy (non-hydrogen) atoms. The third-order valence-corrected chi connectivity index (χ3v) is 4.23. The van der Waals surface area contributed by atoms with E-state index in [1.54, 1.807) is 17.8 Å². The van der Waals surface area contributed by atoms with E-state index >= 15 is 0 Å². The summed E-state index contributed by atoms with van der Waals surface area (Å²) >= 11 is 1.76. The number of rotatable bonds is 4. The molecule has 1 nitrogen and oxygen atoms in total. The lowest BCUT2D eigenvalue weighted by atomic mass is 9.85. The Bertz CT molecular complexity index is 438. The molecule has 2 rings (SSSR count). The number of carbonyl (C=O) groups excluding carboxylic acids is 1. The minimum Gasteiger partial charge on any atom is -0.289 e. The van der Waals surface area contributed by atoms with Crippen molar-refractivity contribution in [2.24, 2.45) is 0 Å². The lowest BCUT2D eigenvalue weighted by Gasteiger charge is -2.23. The van der Waals surface area contributed by atoms with Crippen molar-refractivity contribution in [3.8, 4) is 0 Å². The molecule has 0 saturated heterocycles. The Morgan fingerprint density at radius 2 is 2.00 bits per heavy atom. The van der Waals surface area contributed by atoms with Crippen molar-refractivity contribution in [1.82, 2.24) is 0 Å². The second kappa shape index (κ2) is 5.54. The molecule has 0 unspecified atom stereocenters. The summed E-state index contributed by atoms with van der Waals surface area (Å²) < 4.78 is 0. The lowest BCUT2D eigenvalue weighted by Crippen LogP contribution is -2.13. The van der Waals surface area contributed by atoms with Crippen molar-refractivity contribution >= 4 is 17.5 Å². The van der Waals surface area contributed by atoms with Crippen LogP contribution in [0.3, 0.4) is 0 Å². The van der Waals surface area contributed by atoms with E-state index in [2.05, 4.69) is 19.6 Å². The Morgan fingerprint density at radius 3 is 2.71 bits per heavy atom. The number of allylic oxidation sites excluding steroid dienone is 6. The van der Waals surface area contributed by atoms with Crippen LogP contribution >= 0.6 is 11.8 Å². The minimum absolute atomic E-state index is 0.155. The molecule has 0 N–H and O–H groups in total.